The van der Waals surface area contributed by atoms with E-state index in [9.17, 15) is 0 Å². The van der Waals surface area contributed by atoms with Gasteiger partial charge in [-0.3, -0.25) is 0 Å². The number of nitrogens with zero attached hydrogens (tertiary/aromatic N) is 2. The Bertz CT molecular complexity index is 2010. The van der Waals surface area contributed by atoms with E-state index in [1.165, 1.54) is 27.6 Å². The Hall–Kier alpha value is -5.02. The zero-order valence-corrected chi connectivity index (χ0v) is 22.3. The molecule has 8 rings (SSSR count). The maximum atomic E-state index is 6.28. The molecule has 0 saturated heterocycles. The minimum absolute atomic E-state index is 0.127. The highest BCUT2D eigenvalue weighted by Gasteiger charge is 2.36. The largest absolute Gasteiger partial charge is 0.456 e. The number of fused-ring (bicyclic) bond motifs is 6. The lowest BCUT2D eigenvalue weighted by molar-refractivity contribution is 0.658. The van der Waals surface area contributed by atoms with Gasteiger partial charge in [-0.2, -0.15) is 0 Å². The van der Waals surface area contributed by atoms with Crippen LogP contribution in [-0.2, 0) is 5.41 Å². The van der Waals surface area contributed by atoms with E-state index in [1.54, 1.807) is 0 Å². The first-order valence-electron chi connectivity index (χ1n) is 13.7. The average molecular weight is 515 g/mol. The summed E-state index contributed by atoms with van der Waals surface area (Å²) in [6.07, 6.45) is 0. The predicted octanol–water partition coefficient (Wildman–Crippen LogP) is 9.68. The fourth-order valence-electron chi connectivity index (χ4n) is 6.20. The average Bonchev–Trinajstić information content (AvgIpc) is 3.48. The van der Waals surface area contributed by atoms with Crippen molar-refractivity contribution in [2.24, 2.45) is 0 Å². The van der Waals surface area contributed by atoms with Crippen molar-refractivity contribution in [3.8, 4) is 45.0 Å². The van der Waals surface area contributed by atoms with Crippen LogP contribution in [0.15, 0.2) is 126 Å². The minimum Gasteiger partial charge on any atom is -0.456 e. The van der Waals surface area contributed by atoms with Crippen LogP contribution in [0.3, 0.4) is 0 Å². The molecule has 0 saturated carbocycles. The minimum atomic E-state index is -0.127. The van der Waals surface area contributed by atoms with Gasteiger partial charge in [0.05, 0.1) is 11.4 Å². The Morgan fingerprint density at radius 2 is 1.12 bits per heavy atom. The third-order valence-corrected chi connectivity index (χ3v) is 8.30. The van der Waals surface area contributed by atoms with Crippen molar-refractivity contribution in [2.45, 2.75) is 19.3 Å². The molecule has 0 unspecified atom stereocenters. The fourth-order valence-corrected chi connectivity index (χ4v) is 6.20. The fraction of sp³-hybridized carbons (Fsp3) is 0.0811. The summed E-state index contributed by atoms with van der Waals surface area (Å²) in [5.74, 6) is 0.721. The van der Waals surface area contributed by atoms with Crippen molar-refractivity contribution in [1.29, 1.82) is 0 Å². The summed E-state index contributed by atoms with van der Waals surface area (Å²) in [6, 6.07) is 42.2. The molecule has 7 aromatic rings. The molecule has 2 aromatic heterocycles. The van der Waals surface area contributed by atoms with Crippen molar-refractivity contribution in [3.05, 3.63) is 132 Å². The van der Waals surface area contributed by atoms with Crippen LogP contribution >= 0.6 is 0 Å². The number of hydrogen-bond donors (Lipinski definition) is 0. The Morgan fingerprint density at radius 3 is 1.82 bits per heavy atom. The summed E-state index contributed by atoms with van der Waals surface area (Å²) in [5, 5.41) is 2.33. The second-order valence-corrected chi connectivity index (χ2v) is 11.1. The van der Waals surface area contributed by atoms with Gasteiger partial charge in [0.15, 0.2) is 5.82 Å². The Labute approximate surface area is 232 Å². The first-order chi connectivity index (χ1) is 19.6. The second kappa shape index (κ2) is 8.49. The molecule has 2 heterocycles. The standard InChI is InChI=1S/C37H26N2O/c1-37(2)30-18-17-25(19-27(30)28-21-35-29(20-31(28)37)26-15-9-10-16-34(26)40-35)36-38-32(23-11-5-3-6-12-23)22-33(39-36)24-13-7-4-8-14-24/h3-22H,1-2H3. The molecule has 5 aromatic carbocycles. The summed E-state index contributed by atoms with van der Waals surface area (Å²) in [6.45, 7) is 4.62. The van der Waals surface area contributed by atoms with Crippen LogP contribution in [0, 0.1) is 0 Å². The van der Waals surface area contributed by atoms with E-state index in [0.717, 1.165) is 50.5 Å². The van der Waals surface area contributed by atoms with Gasteiger partial charge in [0.25, 0.3) is 0 Å². The quantitative estimate of drug-likeness (QED) is 0.236. The number of hydrogen-bond acceptors (Lipinski definition) is 3. The van der Waals surface area contributed by atoms with Crippen molar-refractivity contribution in [1.82, 2.24) is 9.97 Å². The number of rotatable bonds is 3. The summed E-state index contributed by atoms with van der Waals surface area (Å²) in [5.41, 5.74) is 11.8. The number of para-hydroxylation sites is 1. The van der Waals surface area contributed by atoms with E-state index in [4.69, 9.17) is 14.4 Å². The van der Waals surface area contributed by atoms with Gasteiger partial charge in [-0.1, -0.05) is 105 Å². The summed E-state index contributed by atoms with van der Waals surface area (Å²) in [7, 11) is 0. The Balaban J connectivity index is 1.33. The number of aromatic nitrogens is 2. The smallest absolute Gasteiger partial charge is 0.160 e. The first-order valence-corrected chi connectivity index (χ1v) is 13.7. The van der Waals surface area contributed by atoms with Gasteiger partial charge < -0.3 is 4.42 Å². The van der Waals surface area contributed by atoms with Crippen molar-refractivity contribution in [3.63, 3.8) is 0 Å². The van der Waals surface area contributed by atoms with Crippen molar-refractivity contribution in [2.75, 3.05) is 0 Å². The first kappa shape index (κ1) is 22.9. The second-order valence-electron chi connectivity index (χ2n) is 11.1. The summed E-state index contributed by atoms with van der Waals surface area (Å²) < 4.78 is 6.28. The van der Waals surface area contributed by atoms with Gasteiger partial charge in [0, 0.05) is 32.9 Å². The Kier molecular flexibility index (Phi) is 4.86. The van der Waals surface area contributed by atoms with Gasteiger partial charge in [-0.15, -0.1) is 0 Å². The van der Waals surface area contributed by atoms with Crippen LogP contribution in [0.4, 0.5) is 0 Å². The van der Waals surface area contributed by atoms with E-state index >= 15 is 0 Å². The highest BCUT2D eigenvalue weighted by atomic mass is 16.3. The molecule has 0 bridgehead atoms. The van der Waals surface area contributed by atoms with E-state index in [1.807, 2.05) is 48.5 Å². The van der Waals surface area contributed by atoms with Gasteiger partial charge >= 0.3 is 0 Å². The molecule has 3 nitrogen and oxygen atoms in total. The van der Waals surface area contributed by atoms with E-state index in [-0.39, 0.29) is 5.41 Å². The molecule has 1 aliphatic carbocycles. The molecule has 0 spiro atoms. The molecule has 0 N–H and O–H groups in total. The zero-order valence-electron chi connectivity index (χ0n) is 22.3. The van der Waals surface area contributed by atoms with E-state index < -0.39 is 0 Å². The maximum absolute atomic E-state index is 6.28. The molecule has 0 aliphatic heterocycles. The summed E-state index contributed by atoms with van der Waals surface area (Å²) >= 11 is 0. The van der Waals surface area contributed by atoms with Gasteiger partial charge in [-0.25, -0.2) is 9.97 Å². The van der Waals surface area contributed by atoms with Crippen molar-refractivity contribution < 1.29 is 4.42 Å². The van der Waals surface area contributed by atoms with Crippen LogP contribution in [0.25, 0.3) is 67.0 Å². The molecule has 0 atom stereocenters. The number of benzene rings is 5. The molecular weight excluding hydrogens is 488 g/mol. The molecule has 190 valence electrons. The lowest BCUT2D eigenvalue weighted by Gasteiger charge is -2.21. The highest BCUT2D eigenvalue weighted by molar-refractivity contribution is 6.07. The SMILES string of the molecule is CC1(C)c2ccc(-c3nc(-c4ccccc4)cc(-c4ccccc4)n3)cc2-c2cc3oc4ccccc4c3cc21. The van der Waals surface area contributed by atoms with Crippen LogP contribution in [-0.4, -0.2) is 9.97 Å². The molecule has 0 amide bonds. The molecule has 0 fully saturated rings. The maximum Gasteiger partial charge on any atom is 0.160 e. The monoisotopic (exact) mass is 514 g/mol. The molecule has 3 heteroatoms. The van der Waals surface area contributed by atoms with Crippen LogP contribution < -0.4 is 0 Å². The van der Waals surface area contributed by atoms with Crippen LogP contribution in [0.5, 0.6) is 0 Å². The Morgan fingerprint density at radius 1 is 0.500 bits per heavy atom. The lowest BCUT2D eigenvalue weighted by Crippen LogP contribution is -2.14. The molecule has 1 aliphatic rings. The molecular formula is C37H26N2O. The summed E-state index contributed by atoms with van der Waals surface area (Å²) in [4.78, 5) is 10.1. The predicted molar refractivity (Wildman–Crippen MR) is 163 cm³/mol. The third kappa shape index (κ3) is 3.44. The van der Waals surface area contributed by atoms with Gasteiger partial charge in [-0.05, 0) is 52.6 Å². The normalized spacial score (nSPS) is 13.4. The van der Waals surface area contributed by atoms with E-state index in [0.29, 0.717) is 0 Å². The lowest BCUT2D eigenvalue weighted by atomic mass is 9.82. The van der Waals surface area contributed by atoms with Crippen molar-refractivity contribution >= 4 is 21.9 Å². The van der Waals surface area contributed by atoms with Gasteiger partial charge in [0.2, 0.25) is 0 Å². The van der Waals surface area contributed by atoms with E-state index in [2.05, 4.69) is 86.6 Å². The number of furan rings is 1. The molecule has 0 radical (unpaired) electrons. The van der Waals surface area contributed by atoms with Crippen LogP contribution in [0.1, 0.15) is 25.0 Å². The van der Waals surface area contributed by atoms with Crippen LogP contribution in [0.2, 0.25) is 0 Å². The zero-order chi connectivity index (χ0) is 26.8. The van der Waals surface area contributed by atoms with Gasteiger partial charge in [0.1, 0.15) is 11.2 Å². The molecule has 40 heavy (non-hydrogen) atoms. The highest BCUT2D eigenvalue weighted by Crippen LogP contribution is 2.51. The topological polar surface area (TPSA) is 38.9 Å². The third-order valence-electron chi connectivity index (χ3n) is 8.30.